The first kappa shape index (κ1) is 21.6. The molecule has 1 saturated heterocycles. The fourth-order valence-electron chi connectivity index (χ4n) is 3.08. The van der Waals surface area contributed by atoms with Crippen LogP contribution in [-0.2, 0) is 22.9 Å². The Morgan fingerprint density at radius 2 is 1.83 bits per heavy atom. The molecular formula is C20H24N4O5S. The van der Waals surface area contributed by atoms with Crippen LogP contribution in [0.15, 0.2) is 53.5 Å². The highest BCUT2D eigenvalue weighted by Gasteiger charge is 2.28. The van der Waals surface area contributed by atoms with Crippen molar-refractivity contribution in [3.05, 3.63) is 69.8 Å². The zero-order valence-electron chi connectivity index (χ0n) is 16.6. The average molecular weight is 433 g/mol. The van der Waals surface area contributed by atoms with Gasteiger partial charge in [-0.25, -0.2) is 13.4 Å². The zero-order chi connectivity index (χ0) is 21.6. The Morgan fingerprint density at radius 1 is 1.17 bits per heavy atom. The van der Waals surface area contributed by atoms with E-state index in [1.165, 1.54) is 12.1 Å². The molecule has 3 rings (SSSR count). The Bertz CT molecular complexity index is 1000. The maximum atomic E-state index is 11.8. The van der Waals surface area contributed by atoms with Crippen molar-refractivity contribution >= 4 is 21.5 Å². The molecule has 1 heterocycles. The Kier molecular flexibility index (Phi) is 6.88. The molecule has 2 N–H and O–H groups in total. The highest BCUT2D eigenvalue weighted by Crippen LogP contribution is 2.14. The maximum Gasteiger partial charge on any atom is 0.269 e. The van der Waals surface area contributed by atoms with Crippen LogP contribution in [0.3, 0.4) is 0 Å². The summed E-state index contributed by atoms with van der Waals surface area (Å²) in [6.45, 7) is 0.797. The van der Waals surface area contributed by atoms with Gasteiger partial charge in [0.1, 0.15) is 5.75 Å². The van der Waals surface area contributed by atoms with E-state index in [4.69, 9.17) is 4.74 Å². The first-order chi connectivity index (χ1) is 14.3. The number of guanidine groups is 1. The molecule has 1 aliphatic rings. The van der Waals surface area contributed by atoms with Crippen LogP contribution in [0.2, 0.25) is 0 Å². The number of nitrogens with one attached hydrogen (secondary N) is 2. The molecule has 1 unspecified atom stereocenters. The summed E-state index contributed by atoms with van der Waals surface area (Å²) in [5.41, 5.74) is 1.85. The van der Waals surface area contributed by atoms with E-state index >= 15 is 0 Å². The minimum atomic E-state index is -3.02. The minimum Gasteiger partial charge on any atom is -0.497 e. The molecule has 1 fully saturated rings. The summed E-state index contributed by atoms with van der Waals surface area (Å²) < 4.78 is 28.7. The highest BCUT2D eigenvalue weighted by atomic mass is 32.2. The molecule has 1 aliphatic heterocycles. The lowest BCUT2D eigenvalue weighted by molar-refractivity contribution is -0.384. The van der Waals surface area contributed by atoms with Crippen molar-refractivity contribution in [3.8, 4) is 5.75 Å². The van der Waals surface area contributed by atoms with Crippen LogP contribution < -0.4 is 15.4 Å². The van der Waals surface area contributed by atoms with Gasteiger partial charge in [0.15, 0.2) is 15.8 Å². The van der Waals surface area contributed by atoms with Crippen molar-refractivity contribution in [2.75, 3.05) is 18.6 Å². The first-order valence-corrected chi connectivity index (χ1v) is 11.3. The second-order valence-corrected chi connectivity index (χ2v) is 9.26. The van der Waals surface area contributed by atoms with E-state index in [1.54, 1.807) is 19.2 Å². The lowest BCUT2D eigenvalue weighted by Crippen LogP contribution is -2.43. The molecule has 0 radical (unpaired) electrons. The van der Waals surface area contributed by atoms with E-state index in [2.05, 4.69) is 15.6 Å². The van der Waals surface area contributed by atoms with Crippen molar-refractivity contribution in [3.63, 3.8) is 0 Å². The zero-order valence-corrected chi connectivity index (χ0v) is 17.4. The molecule has 0 amide bonds. The van der Waals surface area contributed by atoms with Gasteiger partial charge in [0.25, 0.3) is 5.69 Å². The Balaban J connectivity index is 1.68. The van der Waals surface area contributed by atoms with E-state index in [9.17, 15) is 18.5 Å². The van der Waals surface area contributed by atoms with Crippen LogP contribution in [0.4, 0.5) is 5.69 Å². The van der Waals surface area contributed by atoms with Crippen molar-refractivity contribution < 1.29 is 18.1 Å². The fraction of sp³-hybridized carbons (Fsp3) is 0.350. The quantitative estimate of drug-likeness (QED) is 0.297. The molecule has 9 nitrogen and oxygen atoms in total. The van der Waals surface area contributed by atoms with Crippen LogP contribution in [0.1, 0.15) is 17.5 Å². The van der Waals surface area contributed by atoms with Crippen LogP contribution >= 0.6 is 0 Å². The standard InChI is InChI=1S/C20H24N4O5S/c1-29-19-8-4-16(5-9-19)13-22-20(23-17-10-11-30(27,28)14-17)21-12-15-2-6-18(7-3-15)24(25)26/h2-9,17H,10-14H2,1H3,(H2,21,22,23). The van der Waals surface area contributed by atoms with Gasteiger partial charge in [-0.05, 0) is 29.7 Å². The number of nitrogens with zero attached hydrogens (tertiary/aromatic N) is 2. The molecule has 2 aromatic carbocycles. The largest absolute Gasteiger partial charge is 0.497 e. The average Bonchev–Trinajstić information content (AvgIpc) is 3.08. The number of hydrogen-bond acceptors (Lipinski definition) is 6. The number of benzene rings is 2. The maximum absolute atomic E-state index is 11.8. The summed E-state index contributed by atoms with van der Waals surface area (Å²) in [7, 11) is -1.41. The number of aliphatic imine (C=N–C) groups is 1. The summed E-state index contributed by atoms with van der Waals surface area (Å²) in [6, 6.07) is 13.6. The topological polar surface area (TPSA) is 123 Å². The van der Waals surface area contributed by atoms with Gasteiger partial charge < -0.3 is 15.4 Å². The van der Waals surface area contributed by atoms with Crippen molar-refractivity contribution in [1.82, 2.24) is 10.6 Å². The van der Waals surface area contributed by atoms with Gasteiger partial charge in [-0.1, -0.05) is 24.3 Å². The molecule has 30 heavy (non-hydrogen) atoms. The van der Waals surface area contributed by atoms with E-state index < -0.39 is 14.8 Å². The molecule has 1 atom stereocenters. The molecule has 2 aromatic rings. The highest BCUT2D eigenvalue weighted by molar-refractivity contribution is 7.91. The predicted octanol–water partition coefficient (Wildman–Crippen LogP) is 2.03. The third-order valence-electron chi connectivity index (χ3n) is 4.76. The second kappa shape index (κ2) is 9.57. The third kappa shape index (κ3) is 6.18. The number of non-ortho nitro benzene ring substituents is 1. The fourth-order valence-corrected chi connectivity index (χ4v) is 4.75. The van der Waals surface area contributed by atoms with Crippen LogP contribution in [-0.4, -0.2) is 44.0 Å². The van der Waals surface area contributed by atoms with Crippen LogP contribution in [0, 0.1) is 10.1 Å². The Morgan fingerprint density at radius 3 is 2.40 bits per heavy atom. The SMILES string of the molecule is COc1ccc(CN=C(NCc2ccc([N+](=O)[O-])cc2)NC2CCS(=O)(=O)C2)cc1. The van der Waals surface area contributed by atoms with Crippen molar-refractivity contribution in [2.24, 2.45) is 4.99 Å². The van der Waals surface area contributed by atoms with E-state index in [1.807, 2.05) is 24.3 Å². The Hall–Kier alpha value is -3.14. The van der Waals surface area contributed by atoms with Gasteiger partial charge in [0, 0.05) is 24.7 Å². The van der Waals surface area contributed by atoms with Gasteiger partial charge in [0.2, 0.25) is 0 Å². The summed E-state index contributed by atoms with van der Waals surface area (Å²) in [6.07, 6.45) is 0.531. The normalized spacial score (nSPS) is 18.0. The molecule has 160 valence electrons. The molecule has 0 bridgehead atoms. The van der Waals surface area contributed by atoms with Gasteiger partial charge in [0.05, 0.1) is 30.1 Å². The lowest BCUT2D eigenvalue weighted by atomic mass is 10.2. The smallest absolute Gasteiger partial charge is 0.269 e. The summed E-state index contributed by atoms with van der Waals surface area (Å²) in [5, 5.41) is 17.2. The monoisotopic (exact) mass is 432 g/mol. The Labute approximate surface area is 175 Å². The lowest BCUT2D eigenvalue weighted by Gasteiger charge is -2.17. The van der Waals surface area contributed by atoms with E-state index in [0.29, 0.717) is 25.5 Å². The number of sulfone groups is 1. The predicted molar refractivity (Wildman–Crippen MR) is 114 cm³/mol. The van der Waals surface area contributed by atoms with E-state index in [0.717, 1.165) is 16.9 Å². The number of hydrogen-bond donors (Lipinski definition) is 2. The van der Waals surface area contributed by atoms with Gasteiger partial charge >= 0.3 is 0 Å². The van der Waals surface area contributed by atoms with Gasteiger partial charge in [-0.2, -0.15) is 0 Å². The molecule has 0 spiro atoms. The summed E-state index contributed by atoms with van der Waals surface area (Å²) in [4.78, 5) is 14.9. The summed E-state index contributed by atoms with van der Waals surface area (Å²) >= 11 is 0. The third-order valence-corrected chi connectivity index (χ3v) is 6.53. The molecule has 0 aromatic heterocycles. The van der Waals surface area contributed by atoms with Crippen molar-refractivity contribution in [2.45, 2.75) is 25.6 Å². The number of methoxy groups -OCH3 is 1. The van der Waals surface area contributed by atoms with Crippen LogP contribution in [0.5, 0.6) is 5.75 Å². The molecule has 10 heteroatoms. The van der Waals surface area contributed by atoms with Crippen molar-refractivity contribution in [1.29, 1.82) is 0 Å². The van der Waals surface area contributed by atoms with Crippen LogP contribution in [0.25, 0.3) is 0 Å². The minimum absolute atomic E-state index is 0.0291. The van der Waals surface area contributed by atoms with Gasteiger partial charge in [-0.3, -0.25) is 10.1 Å². The number of ether oxygens (including phenoxy) is 1. The molecule has 0 saturated carbocycles. The van der Waals surface area contributed by atoms with E-state index in [-0.39, 0.29) is 23.2 Å². The summed E-state index contributed by atoms with van der Waals surface area (Å²) in [5.74, 6) is 1.49. The molecular weight excluding hydrogens is 408 g/mol. The molecule has 0 aliphatic carbocycles. The number of nitro benzene ring substituents is 1. The number of nitro groups is 1. The number of rotatable bonds is 7. The first-order valence-electron chi connectivity index (χ1n) is 9.46. The second-order valence-electron chi connectivity index (χ2n) is 7.03. The van der Waals surface area contributed by atoms with Gasteiger partial charge in [-0.15, -0.1) is 0 Å².